The summed E-state index contributed by atoms with van der Waals surface area (Å²) in [5.74, 6) is -1.60. The molecule has 0 aliphatic carbocycles. The molecule has 0 spiro atoms. The SMILES string of the molecule is CC(NC(=O)c1c(Cl)sc(Cl)c1Cc1cccc(C(F)(F)F)c1)c1ccc(C(=O)O)cc1. The number of amides is 1. The molecule has 1 atom stereocenters. The van der Waals surface area contributed by atoms with Gasteiger partial charge in [0.1, 0.15) is 4.34 Å². The molecular weight excluding hydrogens is 486 g/mol. The third-order valence-electron chi connectivity index (χ3n) is 4.78. The molecule has 4 nitrogen and oxygen atoms in total. The molecule has 0 bridgehead atoms. The molecule has 3 rings (SSSR count). The number of rotatable bonds is 6. The van der Waals surface area contributed by atoms with Gasteiger partial charge in [-0.3, -0.25) is 4.79 Å². The molecular formula is C22H16Cl2F3NO3S. The molecule has 1 unspecified atom stereocenters. The van der Waals surface area contributed by atoms with Crippen LogP contribution < -0.4 is 5.32 Å². The molecule has 168 valence electrons. The van der Waals surface area contributed by atoms with Crippen molar-refractivity contribution in [2.24, 2.45) is 0 Å². The monoisotopic (exact) mass is 501 g/mol. The van der Waals surface area contributed by atoms with E-state index < -0.39 is 29.7 Å². The number of hydrogen-bond donors (Lipinski definition) is 2. The number of carboxylic acids is 1. The van der Waals surface area contributed by atoms with Crippen LogP contribution in [0.3, 0.4) is 0 Å². The third kappa shape index (κ3) is 5.43. The van der Waals surface area contributed by atoms with Crippen LogP contribution in [-0.4, -0.2) is 17.0 Å². The summed E-state index contributed by atoms with van der Waals surface area (Å²) >= 11 is 13.4. The highest BCUT2D eigenvalue weighted by Gasteiger charge is 2.31. The molecule has 1 heterocycles. The standard InChI is InChI=1S/C22H16Cl2F3NO3S/c1-11(13-5-7-14(8-6-13)21(30)31)28-20(29)17-16(18(23)32-19(17)24)10-12-3-2-4-15(9-12)22(25,26)27/h2-9,11H,10H2,1H3,(H,28,29)(H,30,31). The number of alkyl halides is 3. The maximum atomic E-state index is 13.0. The van der Waals surface area contributed by atoms with Crippen LogP contribution in [0.1, 0.15) is 55.9 Å². The Morgan fingerprint density at radius 2 is 1.75 bits per heavy atom. The Bertz CT molecular complexity index is 1160. The van der Waals surface area contributed by atoms with Gasteiger partial charge in [0.05, 0.1) is 27.1 Å². The molecule has 3 aromatic rings. The Kier molecular flexibility index (Phi) is 7.17. The lowest BCUT2D eigenvalue weighted by atomic mass is 10.0. The summed E-state index contributed by atoms with van der Waals surface area (Å²) in [6.07, 6.45) is -4.49. The number of carbonyl (C=O) groups excluding carboxylic acids is 1. The summed E-state index contributed by atoms with van der Waals surface area (Å²) in [6.45, 7) is 1.71. The van der Waals surface area contributed by atoms with Gasteiger partial charge in [0.2, 0.25) is 0 Å². The van der Waals surface area contributed by atoms with Crippen LogP contribution in [-0.2, 0) is 12.6 Å². The first-order valence-electron chi connectivity index (χ1n) is 9.24. The van der Waals surface area contributed by atoms with Crippen molar-refractivity contribution < 1.29 is 27.9 Å². The third-order valence-corrected chi connectivity index (χ3v) is 6.47. The average molecular weight is 502 g/mol. The van der Waals surface area contributed by atoms with Crippen molar-refractivity contribution in [1.29, 1.82) is 0 Å². The molecule has 0 aliphatic heterocycles. The largest absolute Gasteiger partial charge is 0.478 e. The molecule has 1 aromatic heterocycles. The molecule has 32 heavy (non-hydrogen) atoms. The highest BCUT2D eigenvalue weighted by Crippen LogP contribution is 2.39. The maximum absolute atomic E-state index is 13.0. The van der Waals surface area contributed by atoms with Crippen molar-refractivity contribution in [3.8, 4) is 0 Å². The van der Waals surface area contributed by atoms with Gasteiger partial charge < -0.3 is 10.4 Å². The van der Waals surface area contributed by atoms with E-state index in [0.717, 1.165) is 23.5 Å². The molecule has 10 heteroatoms. The fourth-order valence-corrected chi connectivity index (χ4v) is 4.84. The van der Waals surface area contributed by atoms with E-state index in [1.54, 1.807) is 19.1 Å². The van der Waals surface area contributed by atoms with E-state index in [1.807, 2.05) is 0 Å². The molecule has 0 saturated carbocycles. The predicted molar refractivity (Wildman–Crippen MR) is 118 cm³/mol. The predicted octanol–water partition coefficient (Wildman–Crippen LogP) is 6.85. The van der Waals surface area contributed by atoms with Gasteiger partial charge >= 0.3 is 12.1 Å². The topological polar surface area (TPSA) is 66.4 Å². The van der Waals surface area contributed by atoms with Crippen molar-refractivity contribution in [2.75, 3.05) is 0 Å². The van der Waals surface area contributed by atoms with Crippen LogP contribution in [0.15, 0.2) is 48.5 Å². The highest BCUT2D eigenvalue weighted by atomic mass is 35.5. The Balaban J connectivity index is 1.84. The van der Waals surface area contributed by atoms with Crippen LogP contribution in [0.25, 0.3) is 0 Å². The number of thiophene rings is 1. The Labute approximate surface area is 195 Å². The van der Waals surface area contributed by atoms with Gasteiger partial charge in [-0.25, -0.2) is 4.79 Å². The summed E-state index contributed by atoms with van der Waals surface area (Å²) in [7, 11) is 0. The zero-order valence-corrected chi connectivity index (χ0v) is 18.8. The van der Waals surface area contributed by atoms with Crippen LogP contribution in [0.2, 0.25) is 8.67 Å². The number of halogens is 5. The normalized spacial score (nSPS) is 12.4. The summed E-state index contributed by atoms with van der Waals surface area (Å²) in [5, 5.41) is 11.8. The van der Waals surface area contributed by atoms with E-state index in [-0.39, 0.29) is 26.2 Å². The van der Waals surface area contributed by atoms with Crippen LogP contribution in [0.4, 0.5) is 13.2 Å². The van der Waals surface area contributed by atoms with Crippen molar-refractivity contribution in [1.82, 2.24) is 5.32 Å². The molecule has 2 aromatic carbocycles. The zero-order chi connectivity index (χ0) is 23.6. The lowest BCUT2D eigenvalue weighted by Crippen LogP contribution is -2.27. The van der Waals surface area contributed by atoms with Crippen LogP contribution >= 0.6 is 34.5 Å². The second-order valence-corrected chi connectivity index (χ2v) is 9.23. The number of carbonyl (C=O) groups is 2. The fourth-order valence-electron chi connectivity index (χ4n) is 3.12. The molecule has 0 aliphatic rings. The number of hydrogen-bond acceptors (Lipinski definition) is 3. The second kappa shape index (κ2) is 9.52. The van der Waals surface area contributed by atoms with Crippen LogP contribution in [0.5, 0.6) is 0 Å². The first kappa shape index (κ1) is 24.1. The van der Waals surface area contributed by atoms with Gasteiger partial charge in [0, 0.05) is 12.0 Å². The molecule has 0 saturated heterocycles. The lowest BCUT2D eigenvalue weighted by Gasteiger charge is -2.16. The second-order valence-electron chi connectivity index (χ2n) is 7.00. The van der Waals surface area contributed by atoms with Gasteiger partial charge in [-0.15, -0.1) is 11.3 Å². The van der Waals surface area contributed by atoms with E-state index in [4.69, 9.17) is 28.3 Å². The van der Waals surface area contributed by atoms with Gasteiger partial charge in [0.15, 0.2) is 0 Å². The van der Waals surface area contributed by atoms with Gasteiger partial charge in [0.25, 0.3) is 5.91 Å². The first-order chi connectivity index (χ1) is 15.0. The molecule has 1 amide bonds. The Morgan fingerprint density at radius 1 is 1.09 bits per heavy atom. The van der Waals surface area contributed by atoms with E-state index in [1.165, 1.54) is 24.3 Å². The average Bonchev–Trinajstić information content (AvgIpc) is 3.00. The minimum absolute atomic E-state index is 0.00356. The maximum Gasteiger partial charge on any atom is 0.416 e. The number of nitrogens with one attached hydrogen (secondary N) is 1. The highest BCUT2D eigenvalue weighted by molar-refractivity contribution is 7.20. The van der Waals surface area contributed by atoms with Gasteiger partial charge in [-0.05, 0) is 36.2 Å². The molecule has 0 fully saturated rings. The van der Waals surface area contributed by atoms with Crippen molar-refractivity contribution in [3.63, 3.8) is 0 Å². The minimum atomic E-state index is -4.49. The van der Waals surface area contributed by atoms with Crippen molar-refractivity contribution >= 4 is 46.4 Å². The van der Waals surface area contributed by atoms with E-state index in [0.29, 0.717) is 16.7 Å². The minimum Gasteiger partial charge on any atom is -0.478 e. The summed E-state index contributed by atoms with van der Waals surface area (Å²) in [4.78, 5) is 23.9. The summed E-state index contributed by atoms with van der Waals surface area (Å²) in [5.41, 5.74) is 0.767. The van der Waals surface area contributed by atoms with Crippen molar-refractivity contribution in [3.05, 3.63) is 90.6 Å². The zero-order valence-electron chi connectivity index (χ0n) is 16.5. The lowest BCUT2D eigenvalue weighted by molar-refractivity contribution is -0.137. The quantitative estimate of drug-likeness (QED) is 0.387. The van der Waals surface area contributed by atoms with E-state index in [9.17, 15) is 22.8 Å². The van der Waals surface area contributed by atoms with Crippen LogP contribution in [0, 0.1) is 0 Å². The van der Waals surface area contributed by atoms with E-state index >= 15 is 0 Å². The Hall–Kier alpha value is -2.55. The van der Waals surface area contributed by atoms with Gasteiger partial charge in [-0.1, -0.05) is 53.5 Å². The number of carboxylic acid groups (broad SMARTS) is 1. The first-order valence-corrected chi connectivity index (χ1v) is 10.8. The van der Waals surface area contributed by atoms with Crippen molar-refractivity contribution in [2.45, 2.75) is 25.6 Å². The molecule has 0 radical (unpaired) electrons. The smallest absolute Gasteiger partial charge is 0.416 e. The van der Waals surface area contributed by atoms with E-state index in [2.05, 4.69) is 5.32 Å². The van der Waals surface area contributed by atoms with Gasteiger partial charge in [-0.2, -0.15) is 13.2 Å². The summed E-state index contributed by atoms with van der Waals surface area (Å²) < 4.78 is 39.4. The number of benzene rings is 2. The summed E-state index contributed by atoms with van der Waals surface area (Å²) in [6, 6.07) is 10.3. The Morgan fingerprint density at radius 3 is 2.34 bits per heavy atom. The fraction of sp³-hybridized carbons (Fsp3) is 0.182. The molecule has 2 N–H and O–H groups in total. The number of aromatic carboxylic acids is 1.